The van der Waals surface area contributed by atoms with Crippen LogP contribution in [0.15, 0.2) is 24.3 Å². The summed E-state index contributed by atoms with van der Waals surface area (Å²) in [6.45, 7) is 6.35. The van der Waals surface area contributed by atoms with E-state index >= 15 is 0 Å². The predicted octanol–water partition coefficient (Wildman–Crippen LogP) is 1.82. The van der Waals surface area contributed by atoms with Crippen molar-refractivity contribution in [1.29, 1.82) is 0 Å². The van der Waals surface area contributed by atoms with Crippen LogP contribution in [0.25, 0.3) is 0 Å². The van der Waals surface area contributed by atoms with Gasteiger partial charge in [0.25, 0.3) is 0 Å². The van der Waals surface area contributed by atoms with Crippen LogP contribution in [-0.4, -0.2) is 49.3 Å². The van der Waals surface area contributed by atoms with Crippen molar-refractivity contribution >= 4 is 5.91 Å². The fourth-order valence-corrected chi connectivity index (χ4v) is 2.19. The maximum Gasteiger partial charge on any atom is 0.234 e. The molecule has 5 heteroatoms. The van der Waals surface area contributed by atoms with Gasteiger partial charge in [0.2, 0.25) is 5.91 Å². The largest absolute Gasteiger partial charge is 0.497 e. The summed E-state index contributed by atoms with van der Waals surface area (Å²) < 4.78 is 5.16. The lowest BCUT2D eigenvalue weighted by atomic mass is 9.96. The number of carbonyl (C=O) groups is 1. The molecule has 0 aliphatic rings. The van der Waals surface area contributed by atoms with Crippen molar-refractivity contribution in [2.45, 2.75) is 32.9 Å². The van der Waals surface area contributed by atoms with E-state index in [1.165, 1.54) is 0 Å². The molecule has 2 unspecified atom stereocenters. The van der Waals surface area contributed by atoms with Gasteiger partial charge in [0, 0.05) is 6.04 Å². The fourth-order valence-electron chi connectivity index (χ4n) is 2.19. The molecule has 0 bridgehead atoms. The zero-order valence-electron chi connectivity index (χ0n) is 14.2. The molecule has 0 saturated heterocycles. The minimum atomic E-state index is -0.0451. The quantitative estimate of drug-likeness (QED) is 0.769. The average molecular weight is 308 g/mol. The molecule has 2 N–H and O–H groups in total. The molecule has 0 heterocycles. The summed E-state index contributed by atoms with van der Waals surface area (Å²) in [7, 11) is 3.47. The van der Waals surface area contributed by atoms with Crippen LogP contribution in [0.4, 0.5) is 0 Å². The second-order valence-electron chi connectivity index (χ2n) is 6.01. The van der Waals surface area contributed by atoms with Gasteiger partial charge in [0.05, 0.1) is 26.3 Å². The number of amides is 1. The van der Waals surface area contributed by atoms with E-state index in [0.717, 1.165) is 11.3 Å². The number of aliphatic hydroxyl groups excluding tert-OH is 1. The number of nitrogens with zero attached hydrogens (tertiary/aromatic N) is 1. The number of nitrogens with one attached hydrogen (secondary N) is 1. The molecule has 1 rings (SSSR count). The Balaban J connectivity index is 2.73. The van der Waals surface area contributed by atoms with E-state index in [9.17, 15) is 4.79 Å². The number of hydrogen-bond acceptors (Lipinski definition) is 4. The predicted molar refractivity (Wildman–Crippen MR) is 87.9 cm³/mol. The molecular weight excluding hydrogens is 280 g/mol. The number of likely N-dealkylation sites (N-methyl/N-ethyl adjacent to an activating group) is 1. The average Bonchev–Trinajstić information content (AvgIpc) is 2.51. The molecule has 22 heavy (non-hydrogen) atoms. The van der Waals surface area contributed by atoms with Gasteiger partial charge in [-0.3, -0.25) is 9.69 Å². The summed E-state index contributed by atoms with van der Waals surface area (Å²) in [6, 6.07) is 7.67. The van der Waals surface area contributed by atoms with Gasteiger partial charge >= 0.3 is 0 Å². The van der Waals surface area contributed by atoms with Crippen LogP contribution in [0.1, 0.15) is 32.4 Å². The molecule has 124 valence electrons. The third kappa shape index (κ3) is 5.31. The lowest BCUT2D eigenvalue weighted by molar-refractivity contribution is -0.123. The second kappa shape index (κ2) is 8.76. The molecule has 1 aromatic rings. The van der Waals surface area contributed by atoms with Crippen molar-refractivity contribution < 1.29 is 14.6 Å². The minimum Gasteiger partial charge on any atom is -0.497 e. The van der Waals surface area contributed by atoms with Gasteiger partial charge in [-0.05, 0) is 37.6 Å². The molecule has 1 amide bonds. The Bertz CT molecular complexity index is 459. The van der Waals surface area contributed by atoms with Crippen molar-refractivity contribution in [2.24, 2.45) is 5.92 Å². The molecular formula is C17H28N2O3. The van der Waals surface area contributed by atoms with E-state index < -0.39 is 0 Å². The van der Waals surface area contributed by atoms with Crippen LogP contribution in [0.5, 0.6) is 5.75 Å². The Labute approximate surface area is 133 Å². The number of rotatable bonds is 8. The molecule has 0 radical (unpaired) electrons. The Hall–Kier alpha value is -1.59. The zero-order valence-corrected chi connectivity index (χ0v) is 14.2. The van der Waals surface area contributed by atoms with Gasteiger partial charge in [-0.1, -0.05) is 26.0 Å². The first-order chi connectivity index (χ1) is 10.4. The van der Waals surface area contributed by atoms with Gasteiger partial charge in [-0.25, -0.2) is 0 Å². The van der Waals surface area contributed by atoms with Crippen LogP contribution < -0.4 is 10.1 Å². The summed E-state index contributed by atoms with van der Waals surface area (Å²) in [6.07, 6.45) is 0. The first-order valence-corrected chi connectivity index (χ1v) is 7.63. The van der Waals surface area contributed by atoms with Crippen molar-refractivity contribution in [3.63, 3.8) is 0 Å². The summed E-state index contributed by atoms with van der Waals surface area (Å²) in [5.41, 5.74) is 1.06. The molecule has 1 aromatic carbocycles. The topological polar surface area (TPSA) is 61.8 Å². The van der Waals surface area contributed by atoms with Crippen molar-refractivity contribution in [2.75, 3.05) is 27.3 Å². The van der Waals surface area contributed by atoms with Crippen LogP contribution >= 0.6 is 0 Å². The van der Waals surface area contributed by atoms with Gasteiger partial charge in [0.1, 0.15) is 5.75 Å². The van der Waals surface area contributed by atoms with Crippen LogP contribution in [0.3, 0.4) is 0 Å². The maximum absolute atomic E-state index is 12.2. The maximum atomic E-state index is 12.2. The van der Waals surface area contributed by atoms with Crippen molar-refractivity contribution in [1.82, 2.24) is 10.2 Å². The fraction of sp³-hybridized carbons (Fsp3) is 0.588. The number of methoxy groups -OCH3 is 1. The summed E-state index contributed by atoms with van der Waals surface area (Å²) >= 11 is 0. The van der Waals surface area contributed by atoms with E-state index in [4.69, 9.17) is 9.84 Å². The highest BCUT2D eigenvalue weighted by atomic mass is 16.5. The third-order valence-electron chi connectivity index (χ3n) is 3.87. The van der Waals surface area contributed by atoms with E-state index in [2.05, 4.69) is 19.2 Å². The van der Waals surface area contributed by atoms with E-state index in [-0.39, 0.29) is 37.1 Å². The number of aliphatic hydroxyl groups is 1. The zero-order chi connectivity index (χ0) is 16.7. The molecule has 2 atom stereocenters. The van der Waals surface area contributed by atoms with Gasteiger partial charge in [-0.15, -0.1) is 0 Å². The second-order valence-corrected chi connectivity index (χ2v) is 6.01. The molecule has 0 saturated carbocycles. The Morgan fingerprint density at radius 3 is 2.32 bits per heavy atom. The van der Waals surface area contributed by atoms with Gasteiger partial charge in [-0.2, -0.15) is 0 Å². The Morgan fingerprint density at radius 1 is 1.27 bits per heavy atom. The van der Waals surface area contributed by atoms with Crippen molar-refractivity contribution in [3.05, 3.63) is 29.8 Å². The van der Waals surface area contributed by atoms with E-state index in [1.54, 1.807) is 7.11 Å². The van der Waals surface area contributed by atoms with E-state index in [0.29, 0.717) is 0 Å². The summed E-state index contributed by atoms with van der Waals surface area (Å²) in [5, 5.41) is 12.2. The summed E-state index contributed by atoms with van der Waals surface area (Å²) in [4.78, 5) is 14.1. The minimum absolute atomic E-state index is 0.0376. The van der Waals surface area contributed by atoms with Crippen LogP contribution in [0, 0.1) is 5.92 Å². The molecule has 0 aromatic heterocycles. The first-order valence-electron chi connectivity index (χ1n) is 7.63. The van der Waals surface area contributed by atoms with Gasteiger partial charge in [0.15, 0.2) is 0 Å². The Kier molecular flexibility index (Phi) is 7.35. The molecule has 0 aliphatic heterocycles. The number of benzene rings is 1. The highest BCUT2D eigenvalue weighted by molar-refractivity contribution is 5.78. The standard InChI is InChI=1S/C17H28N2O3/c1-12(2)17(14-6-8-15(22-5)9-7-14)18-16(21)10-19(4)13(3)11-20/h6-9,12-13,17,20H,10-11H2,1-5H3,(H,18,21). The van der Waals surface area contributed by atoms with Crippen molar-refractivity contribution in [3.8, 4) is 5.75 Å². The molecule has 0 aliphatic carbocycles. The Morgan fingerprint density at radius 2 is 1.86 bits per heavy atom. The lowest BCUT2D eigenvalue weighted by Crippen LogP contribution is -2.42. The first kappa shape index (κ1) is 18.5. The normalized spacial score (nSPS) is 14.0. The van der Waals surface area contributed by atoms with Crippen LogP contribution in [-0.2, 0) is 4.79 Å². The third-order valence-corrected chi connectivity index (χ3v) is 3.87. The lowest BCUT2D eigenvalue weighted by Gasteiger charge is -2.26. The molecule has 0 spiro atoms. The SMILES string of the molecule is COc1ccc(C(NC(=O)CN(C)C(C)CO)C(C)C)cc1. The highest BCUT2D eigenvalue weighted by Gasteiger charge is 2.20. The van der Waals surface area contributed by atoms with Crippen LogP contribution in [0.2, 0.25) is 0 Å². The van der Waals surface area contributed by atoms with E-state index in [1.807, 2.05) is 43.1 Å². The molecule has 5 nitrogen and oxygen atoms in total. The number of hydrogen-bond donors (Lipinski definition) is 2. The number of carbonyl (C=O) groups excluding carboxylic acids is 1. The monoisotopic (exact) mass is 308 g/mol. The van der Waals surface area contributed by atoms with Gasteiger partial charge < -0.3 is 15.2 Å². The smallest absolute Gasteiger partial charge is 0.234 e. The number of ether oxygens (including phenoxy) is 1. The summed E-state index contributed by atoms with van der Waals surface area (Å²) in [5.74, 6) is 1.03. The molecule has 0 fully saturated rings. The highest BCUT2D eigenvalue weighted by Crippen LogP contribution is 2.23.